The van der Waals surface area contributed by atoms with Crippen LogP contribution in [0.4, 0.5) is 8.78 Å². The maximum absolute atomic E-state index is 16.0. The highest BCUT2D eigenvalue weighted by Crippen LogP contribution is 2.79. The van der Waals surface area contributed by atoms with E-state index in [1.165, 1.54) is 83.1 Å². The number of rotatable bonds is 14. The molecule has 0 spiro atoms. The van der Waals surface area contributed by atoms with Crippen LogP contribution in [0.25, 0.3) is 0 Å². The van der Waals surface area contributed by atoms with E-state index in [1.54, 1.807) is 0 Å². The van der Waals surface area contributed by atoms with Crippen molar-refractivity contribution in [3.63, 3.8) is 0 Å². The Bertz CT molecular complexity index is 939. The Morgan fingerprint density at radius 1 is 0.442 bits per heavy atom. The Balaban J connectivity index is 6.41. The van der Waals surface area contributed by atoms with Crippen molar-refractivity contribution in [1.82, 2.24) is 0 Å². The van der Waals surface area contributed by atoms with Gasteiger partial charge in [-0.05, 0) is 83.1 Å². The minimum absolute atomic E-state index is 0.958. The average molecular weight is 669 g/mol. The van der Waals surface area contributed by atoms with E-state index in [0.717, 1.165) is 0 Å². The van der Waals surface area contributed by atoms with Gasteiger partial charge in [0.05, 0.1) is 21.7 Å². The second kappa shape index (κ2) is 14.9. The molecule has 0 heterocycles. The molecule has 0 bridgehead atoms. The summed E-state index contributed by atoms with van der Waals surface area (Å²) in [5.41, 5.74) is -4.52. The molecule has 0 aromatic rings. The summed E-state index contributed by atoms with van der Waals surface area (Å²) in [5, 5.41) is -5.26. The van der Waals surface area contributed by atoms with Gasteiger partial charge >= 0.3 is 44.5 Å². The smallest absolute Gasteiger partial charge is 0.438 e. The Hall–Kier alpha value is -1.96. The van der Waals surface area contributed by atoms with Gasteiger partial charge < -0.3 is 18.9 Å². The number of hydrogen-bond acceptors (Lipinski definition) is 14. The molecule has 43 heavy (non-hydrogen) atoms. The highest BCUT2D eigenvalue weighted by atomic mass is 31.2. The molecule has 0 unspecified atom stereocenters. The predicted octanol–water partition coefficient (Wildman–Crippen LogP) is 6.18. The van der Waals surface area contributed by atoms with Crippen molar-refractivity contribution in [2.75, 3.05) is 27.2 Å². The summed E-state index contributed by atoms with van der Waals surface area (Å²) >= 11 is 0. The SMILES string of the molecule is CC(C)(C)C(=O)OCOP(=O)(OCOC(=O)C(C)(C)C)C(F)(F)P(=O)(OCOC(=O)C(C)(C)C)OCOC(=O)C(C)(C)C. The molecule has 0 N–H and O–H groups in total. The fourth-order valence-electron chi connectivity index (χ4n) is 2.00. The number of esters is 4. The second-order valence-electron chi connectivity index (χ2n) is 13.2. The molecular weight excluding hydrogens is 624 g/mol. The van der Waals surface area contributed by atoms with Gasteiger partial charge in [-0.25, -0.2) is 0 Å². The third-order valence-corrected chi connectivity index (χ3v) is 9.33. The first-order valence-corrected chi connectivity index (χ1v) is 15.9. The van der Waals surface area contributed by atoms with Gasteiger partial charge in [-0.3, -0.25) is 46.4 Å². The molecule has 0 aliphatic rings. The summed E-state index contributed by atoms with van der Waals surface area (Å²) in [5.74, 6) is -3.83. The number of ether oxygens (including phenoxy) is 4. The molecule has 0 aromatic heterocycles. The fourth-order valence-corrected chi connectivity index (χ4v) is 5.43. The van der Waals surface area contributed by atoms with Crippen LogP contribution >= 0.6 is 15.2 Å². The van der Waals surface area contributed by atoms with E-state index in [9.17, 15) is 28.3 Å². The molecule has 0 fully saturated rings. The lowest BCUT2D eigenvalue weighted by atomic mass is 9.98. The molecule has 0 aliphatic carbocycles. The van der Waals surface area contributed by atoms with Crippen LogP contribution < -0.4 is 0 Å². The summed E-state index contributed by atoms with van der Waals surface area (Å²) < 4.78 is 96.5. The zero-order valence-electron chi connectivity index (χ0n) is 26.7. The molecular formula is C25H44F2O14P2. The Kier molecular flexibility index (Phi) is 14.2. The van der Waals surface area contributed by atoms with Crippen LogP contribution in [0.1, 0.15) is 83.1 Å². The van der Waals surface area contributed by atoms with E-state index in [0.29, 0.717) is 0 Å². The minimum atomic E-state index is -6.14. The third-order valence-electron chi connectivity index (χ3n) is 4.76. The monoisotopic (exact) mass is 668 g/mol. The van der Waals surface area contributed by atoms with E-state index < -0.39 is 93.3 Å². The van der Waals surface area contributed by atoms with Crippen LogP contribution in [0.3, 0.4) is 0 Å². The number of alkyl halides is 2. The lowest BCUT2D eigenvalue weighted by Gasteiger charge is -2.31. The van der Waals surface area contributed by atoms with Gasteiger partial charge in [-0.1, -0.05) is 0 Å². The van der Waals surface area contributed by atoms with Crippen molar-refractivity contribution in [2.24, 2.45) is 21.7 Å². The lowest BCUT2D eigenvalue weighted by molar-refractivity contribution is -0.163. The van der Waals surface area contributed by atoms with Crippen molar-refractivity contribution in [1.29, 1.82) is 0 Å². The highest BCUT2D eigenvalue weighted by molar-refractivity contribution is 7.73. The van der Waals surface area contributed by atoms with Crippen molar-refractivity contribution < 1.29 is 74.1 Å². The molecule has 0 aliphatic heterocycles. The quantitative estimate of drug-likeness (QED) is 0.0888. The van der Waals surface area contributed by atoms with Crippen LogP contribution in [0.2, 0.25) is 0 Å². The normalized spacial score (nSPS) is 13.7. The van der Waals surface area contributed by atoms with E-state index in [-0.39, 0.29) is 0 Å². The average Bonchev–Trinajstić information content (AvgIpc) is 2.81. The van der Waals surface area contributed by atoms with E-state index in [2.05, 4.69) is 18.1 Å². The van der Waals surface area contributed by atoms with Gasteiger partial charge in [-0.2, -0.15) is 8.78 Å². The maximum Gasteiger partial charge on any atom is 0.444 e. The molecule has 0 amide bonds. The highest BCUT2D eigenvalue weighted by Gasteiger charge is 2.70. The van der Waals surface area contributed by atoms with Gasteiger partial charge in [0.2, 0.25) is 27.2 Å². The topological polar surface area (TPSA) is 176 Å². The maximum atomic E-state index is 16.0. The summed E-state index contributed by atoms with van der Waals surface area (Å²) in [6.45, 7) is 11.6. The molecule has 252 valence electrons. The molecule has 0 atom stereocenters. The van der Waals surface area contributed by atoms with Gasteiger partial charge in [0.15, 0.2) is 0 Å². The van der Waals surface area contributed by atoms with Crippen LogP contribution in [-0.4, -0.2) is 56.5 Å². The van der Waals surface area contributed by atoms with Crippen LogP contribution in [-0.2, 0) is 65.4 Å². The number of carbonyl (C=O) groups excluding carboxylic acids is 4. The first-order valence-electron chi connectivity index (χ1n) is 12.9. The van der Waals surface area contributed by atoms with Gasteiger partial charge in [0, 0.05) is 0 Å². The first-order chi connectivity index (χ1) is 19.0. The molecule has 14 nitrogen and oxygen atoms in total. The Morgan fingerprint density at radius 2 is 0.605 bits per heavy atom. The molecule has 0 saturated heterocycles. The van der Waals surface area contributed by atoms with Crippen LogP contribution in [0, 0.1) is 21.7 Å². The van der Waals surface area contributed by atoms with Crippen molar-refractivity contribution in [3.05, 3.63) is 0 Å². The Morgan fingerprint density at radius 3 is 0.744 bits per heavy atom. The summed E-state index contributed by atoms with van der Waals surface area (Å²) in [4.78, 5) is 48.4. The first kappa shape index (κ1) is 41.0. The summed E-state index contributed by atoms with van der Waals surface area (Å²) in [7, 11) is -12.3. The number of carbonyl (C=O) groups is 4. The van der Waals surface area contributed by atoms with Gasteiger partial charge in [0.1, 0.15) is 0 Å². The van der Waals surface area contributed by atoms with E-state index >= 15 is 8.78 Å². The zero-order valence-corrected chi connectivity index (χ0v) is 28.5. The molecule has 18 heteroatoms. The Labute approximate surface area is 250 Å². The molecule has 0 aromatic carbocycles. The van der Waals surface area contributed by atoms with Crippen LogP contribution in [0.5, 0.6) is 0 Å². The second-order valence-corrected chi connectivity index (χ2v) is 17.7. The fraction of sp³-hybridized carbons (Fsp3) is 0.840. The van der Waals surface area contributed by atoms with Crippen molar-refractivity contribution in [2.45, 2.75) is 88.5 Å². The number of hydrogen-bond donors (Lipinski definition) is 0. The molecule has 0 rings (SSSR count). The van der Waals surface area contributed by atoms with Crippen molar-refractivity contribution in [3.8, 4) is 0 Å². The predicted molar refractivity (Wildman–Crippen MR) is 146 cm³/mol. The van der Waals surface area contributed by atoms with Crippen molar-refractivity contribution >= 4 is 39.1 Å². The standard InChI is InChI=1S/C25H44F2O14P2/c1-21(2,3)17(28)34-13-38-42(32,39-14-35-18(29)22(4,5)6)25(26,27)43(33,40-15-36-19(30)23(7,8)9)41-16-37-20(31)24(10,11)12/h13-16H2,1-12H3. The third kappa shape index (κ3) is 12.5. The molecule has 0 radical (unpaired) electrons. The summed E-state index contributed by atoms with van der Waals surface area (Å²) in [6, 6.07) is 0. The molecule has 0 saturated carbocycles. The van der Waals surface area contributed by atoms with Gasteiger partial charge in [0.25, 0.3) is 0 Å². The van der Waals surface area contributed by atoms with E-state index in [4.69, 9.17) is 18.9 Å². The largest absolute Gasteiger partial charge is 0.444 e. The van der Waals surface area contributed by atoms with Gasteiger partial charge in [-0.15, -0.1) is 0 Å². The summed E-state index contributed by atoms with van der Waals surface area (Å²) in [6.07, 6.45) is 0. The van der Waals surface area contributed by atoms with Crippen LogP contribution in [0.15, 0.2) is 0 Å². The minimum Gasteiger partial charge on any atom is -0.438 e. The lowest BCUT2D eigenvalue weighted by Crippen LogP contribution is -2.30. The number of halogens is 2. The van der Waals surface area contributed by atoms with E-state index in [1.807, 2.05) is 0 Å². The zero-order chi connectivity index (χ0) is 34.3.